The largest absolute Gasteiger partial charge is 0.477 e. The van der Waals surface area contributed by atoms with E-state index in [-0.39, 0.29) is 10.6 Å². The van der Waals surface area contributed by atoms with Crippen LogP contribution in [0.4, 0.5) is 0 Å². The molecule has 0 aliphatic heterocycles. The van der Waals surface area contributed by atoms with Crippen LogP contribution >= 0.6 is 11.6 Å². The highest BCUT2D eigenvalue weighted by Gasteiger charge is 2.09. The van der Waals surface area contributed by atoms with Crippen molar-refractivity contribution >= 4 is 17.6 Å². The molecule has 0 saturated heterocycles. The number of aliphatic carboxylic acids is 1. The molecule has 0 spiro atoms. The second-order valence-electron chi connectivity index (χ2n) is 1.96. The Morgan fingerprint density at radius 2 is 2.27 bits per heavy atom. The lowest BCUT2D eigenvalue weighted by atomic mass is 10.1. The number of nitrogens with zero attached hydrogens (tertiary/aromatic N) is 1. The predicted octanol–water partition coefficient (Wildman–Crippen LogP) is 1.89. The normalized spacial score (nSPS) is 11.7. The Balaban J connectivity index is 4.57. The Hall–Kier alpha value is -1.01. The second kappa shape index (κ2) is 4.75. The first kappa shape index (κ1) is 9.99. The van der Waals surface area contributed by atoms with E-state index in [9.17, 15) is 4.79 Å². The van der Waals surface area contributed by atoms with Gasteiger partial charge in [-0.05, 0) is 6.42 Å². The van der Waals surface area contributed by atoms with E-state index in [0.29, 0.717) is 12.8 Å². The fourth-order valence-electron chi connectivity index (χ4n) is 0.594. The summed E-state index contributed by atoms with van der Waals surface area (Å²) in [5, 5.41) is 16.4. The summed E-state index contributed by atoms with van der Waals surface area (Å²) in [5.74, 6) is -1.24. The summed E-state index contributed by atoms with van der Waals surface area (Å²) < 4.78 is 0. The van der Waals surface area contributed by atoms with Crippen LogP contribution in [-0.4, -0.2) is 11.1 Å². The molecule has 0 fully saturated rings. The van der Waals surface area contributed by atoms with E-state index in [2.05, 4.69) is 0 Å². The SMILES string of the molecule is CCC/C(C#N)=C(\Cl)C(=O)O. The second-order valence-corrected chi connectivity index (χ2v) is 2.34. The van der Waals surface area contributed by atoms with E-state index in [1.54, 1.807) is 6.07 Å². The van der Waals surface area contributed by atoms with Crippen LogP contribution in [-0.2, 0) is 4.79 Å². The van der Waals surface area contributed by atoms with Gasteiger partial charge in [0.15, 0.2) is 0 Å². The summed E-state index contributed by atoms with van der Waals surface area (Å²) in [7, 11) is 0. The van der Waals surface area contributed by atoms with Crippen molar-refractivity contribution in [3.8, 4) is 6.07 Å². The lowest BCUT2D eigenvalue weighted by Crippen LogP contribution is -1.97. The number of hydrogen-bond acceptors (Lipinski definition) is 2. The summed E-state index contributed by atoms with van der Waals surface area (Å²) >= 11 is 5.32. The Bertz CT molecular complexity index is 227. The molecule has 0 rings (SSSR count). The summed E-state index contributed by atoms with van der Waals surface area (Å²) in [4.78, 5) is 10.2. The molecule has 3 nitrogen and oxygen atoms in total. The number of carboxylic acid groups (broad SMARTS) is 1. The average molecular weight is 174 g/mol. The minimum Gasteiger partial charge on any atom is -0.477 e. The number of carboxylic acids is 1. The molecular weight excluding hydrogens is 166 g/mol. The lowest BCUT2D eigenvalue weighted by molar-refractivity contribution is -0.131. The number of carbonyl (C=O) groups is 1. The predicted molar refractivity (Wildman–Crippen MR) is 41.0 cm³/mol. The van der Waals surface area contributed by atoms with Crippen LogP contribution in [0.3, 0.4) is 0 Å². The summed E-state index contributed by atoms with van der Waals surface area (Å²) in [6.07, 6.45) is 1.13. The van der Waals surface area contributed by atoms with Gasteiger partial charge in [-0.3, -0.25) is 0 Å². The molecule has 11 heavy (non-hydrogen) atoms. The van der Waals surface area contributed by atoms with Gasteiger partial charge < -0.3 is 5.11 Å². The maximum Gasteiger partial charge on any atom is 0.348 e. The standard InChI is InChI=1S/C7H8ClNO2/c1-2-3-5(4-9)6(8)7(10)11/h2-3H2,1H3,(H,10,11)/b6-5+. The molecule has 60 valence electrons. The zero-order valence-corrected chi connectivity index (χ0v) is 6.85. The number of nitriles is 1. The number of hydrogen-bond donors (Lipinski definition) is 1. The molecule has 1 N–H and O–H groups in total. The molecule has 0 atom stereocenters. The summed E-state index contributed by atoms with van der Waals surface area (Å²) in [5.41, 5.74) is 0.140. The Labute approximate surface area is 69.9 Å². The van der Waals surface area contributed by atoms with Crippen molar-refractivity contribution in [2.24, 2.45) is 0 Å². The molecule has 0 aromatic rings. The monoisotopic (exact) mass is 173 g/mol. The zero-order valence-electron chi connectivity index (χ0n) is 6.09. The van der Waals surface area contributed by atoms with E-state index in [0.717, 1.165) is 0 Å². The van der Waals surface area contributed by atoms with Crippen LogP contribution in [0.25, 0.3) is 0 Å². The maximum atomic E-state index is 10.2. The minimum atomic E-state index is -1.24. The third-order valence-corrected chi connectivity index (χ3v) is 1.48. The minimum absolute atomic E-state index is 0.140. The molecule has 0 aliphatic rings. The smallest absolute Gasteiger partial charge is 0.348 e. The Kier molecular flexibility index (Phi) is 4.32. The van der Waals surface area contributed by atoms with E-state index >= 15 is 0 Å². The Morgan fingerprint density at radius 3 is 2.55 bits per heavy atom. The molecular formula is C7H8ClNO2. The van der Waals surface area contributed by atoms with Crippen molar-refractivity contribution in [1.29, 1.82) is 5.26 Å². The first-order chi connectivity index (χ1) is 5.13. The van der Waals surface area contributed by atoms with Crippen molar-refractivity contribution in [2.45, 2.75) is 19.8 Å². The molecule has 4 heteroatoms. The van der Waals surface area contributed by atoms with Gasteiger partial charge in [0, 0.05) is 0 Å². The van der Waals surface area contributed by atoms with Crippen molar-refractivity contribution < 1.29 is 9.90 Å². The van der Waals surface area contributed by atoms with Gasteiger partial charge in [-0.15, -0.1) is 0 Å². The first-order valence-electron chi connectivity index (χ1n) is 3.15. The molecule has 0 aromatic carbocycles. The lowest BCUT2D eigenvalue weighted by Gasteiger charge is -1.95. The first-order valence-corrected chi connectivity index (χ1v) is 3.53. The van der Waals surface area contributed by atoms with Gasteiger partial charge in [0.25, 0.3) is 0 Å². The maximum absolute atomic E-state index is 10.2. The van der Waals surface area contributed by atoms with E-state index in [1.807, 2.05) is 6.92 Å². The van der Waals surface area contributed by atoms with Crippen molar-refractivity contribution in [3.05, 3.63) is 10.6 Å². The van der Waals surface area contributed by atoms with Crippen molar-refractivity contribution in [2.75, 3.05) is 0 Å². The van der Waals surface area contributed by atoms with Crippen molar-refractivity contribution in [3.63, 3.8) is 0 Å². The van der Waals surface area contributed by atoms with E-state index in [1.165, 1.54) is 0 Å². The fraction of sp³-hybridized carbons (Fsp3) is 0.429. The molecule has 0 saturated carbocycles. The number of rotatable bonds is 3. The molecule has 0 radical (unpaired) electrons. The zero-order chi connectivity index (χ0) is 8.85. The van der Waals surface area contributed by atoms with Crippen LogP contribution in [0.15, 0.2) is 10.6 Å². The van der Waals surface area contributed by atoms with Crippen LogP contribution in [0.1, 0.15) is 19.8 Å². The molecule has 0 bridgehead atoms. The van der Waals surface area contributed by atoms with Crippen LogP contribution in [0, 0.1) is 11.3 Å². The molecule has 0 aromatic heterocycles. The van der Waals surface area contributed by atoms with E-state index < -0.39 is 5.97 Å². The quantitative estimate of drug-likeness (QED) is 0.524. The van der Waals surface area contributed by atoms with Crippen LogP contribution in [0.5, 0.6) is 0 Å². The van der Waals surface area contributed by atoms with E-state index in [4.69, 9.17) is 22.0 Å². The number of halogens is 1. The van der Waals surface area contributed by atoms with Crippen LogP contribution in [0.2, 0.25) is 0 Å². The highest BCUT2D eigenvalue weighted by atomic mass is 35.5. The third kappa shape index (κ3) is 3.06. The summed E-state index contributed by atoms with van der Waals surface area (Å²) in [6, 6.07) is 1.75. The summed E-state index contributed by atoms with van der Waals surface area (Å²) in [6.45, 7) is 1.85. The van der Waals surface area contributed by atoms with Gasteiger partial charge in [-0.1, -0.05) is 24.9 Å². The molecule has 0 unspecified atom stereocenters. The number of allylic oxidation sites excluding steroid dienone is 1. The highest BCUT2D eigenvalue weighted by Crippen LogP contribution is 2.13. The third-order valence-electron chi connectivity index (χ3n) is 1.09. The highest BCUT2D eigenvalue weighted by molar-refractivity contribution is 6.41. The van der Waals surface area contributed by atoms with Gasteiger partial charge in [0.05, 0.1) is 11.6 Å². The van der Waals surface area contributed by atoms with Gasteiger partial charge in [-0.2, -0.15) is 5.26 Å². The molecule has 0 aliphatic carbocycles. The average Bonchev–Trinajstić information content (AvgIpc) is 1.98. The molecule has 0 heterocycles. The van der Waals surface area contributed by atoms with Gasteiger partial charge in [-0.25, -0.2) is 4.79 Å². The van der Waals surface area contributed by atoms with Gasteiger partial charge in [0.2, 0.25) is 0 Å². The van der Waals surface area contributed by atoms with Crippen molar-refractivity contribution in [1.82, 2.24) is 0 Å². The van der Waals surface area contributed by atoms with Gasteiger partial charge >= 0.3 is 5.97 Å². The van der Waals surface area contributed by atoms with Crippen LogP contribution < -0.4 is 0 Å². The molecule has 0 amide bonds. The van der Waals surface area contributed by atoms with Gasteiger partial charge in [0.1, 0.15) is 5.03 Å². The topological polar surface area (TPSA) is 61.1 Å². The fourth-order valence-corrected chi connectivity index (χ4v) is 0.731. The Morgan fingerprint density at radius 1 is 1.73 bits per heavy atom.